The van der Waals surface area contributed by atoms with E-state index in [0.29, 0.717) is 10.3 Å². The van der Waals surface area contributed by atoms with Crippen LogP contribution in [0, 0.1) is 0 Å². The molecule has 0 aromatic carbocycles. The molecule has 0 saturated carbocycles. The molecule has 2 heterocycles. The van der Waals surface area contributed by atoms with E-state index in [1.165, 1.54) is 29.3 Å². The van der Waals surface area contributed by atoms with Gasteiger partial charge in [-0.1, -0.05) is 27.6 Å². The lowest BCUT2D eigenvalue weighted by molar-refractivity contribution is 0.558. The fourth-order valence-electron chi connectivity index (χ4n) is 3.40. The quantitative estimate of drug-likeness (QED) is 0.540. The maximum atomic E-state index is 2.46. The third-order valence-electron chi connectivity index (χ3n) is 5.75. The molecule has 20 heavy (non-hydrogen) atoms. The van der Waals surface area contributed by atoms with E-state index >= 15 is 0 Å². The van der Waals surface area contributed by atoms with Gasteiger partial charge in [-0.2, -0.15) is 0 Å². The lowest BCUT2D eigenvalue weighted by Crippen LogP contribution is -2.24. The summed E-state index contributed by atoms with van der Waals surface area (Å²) in [4.78, 5) is 0. The van der Waals surface area contributed by atoms with Crippen molar-refractivity contribution in [3.05, 3.63) is 22.3 Å². The van der Waals surface area contributed by atoms with Crippen LogP contribution in [0.2, 0.25) is 0 Å². The van der Waals surface area contributed by atoms with Crippen LogP contribution in [-0.4, -0.2) is 20.9 Å². The van der Waals surface area contributed by atoms with E-state index in [0.717, 1.165) is 0 Å². The van der Waals surface area contributed by atoms with Gasteiger partial charge in [-0.25, -0.2) is 0 Å². The summed E-state index contributed by atoms with van der Waals surface area (Å²) in [6.45, 7) is 18.8. The van der Waals surface area contributed by atoms with Gasteiger partial charge < -0.3 is 0 Å². The van der Waals surface area contributed by atoms with Crippen LogP contribution in [0.4, 0.5) is 0 Å². The molecule has 0 aliphatic carbocycles. The van der Waals surface area contributed by atoms with Crippen LogP contribution < -0.4 is 0 Å². The Morgan fingerprint density at radius 2 is 0.950 bits per heavy atom. The Labute approximate surface area is 128 Å². The first-order chi connectivity index (χ1) is 9.11. The first-order valence-electron chi connectivity index (χ1n) is 7.60. The summed E-state index contributed by atoms with van der Waals surface area (Å²) in [6, 6.07) is 0. The molecule has 0 saturated heterocycles. The first kappa shape index (κ1) is 16.2. The van der Waals surface area contributed by atoms with Crippen molar-refractivity contribution in [1.29, 1.82) is 0 Å². The Morgan fingerprint density at radius 3 is 1.15 bits per heavy atom. The molecule has 0 aromatic heterocycles. The Bertz CT molecular complexity index is 522. The highest BCUT2D eigenvalue weighted by atomic mass is 31.1. The van der Waals surface area contributed by atoms with Crippen molar-refractivity contribution in [2.75, 3.05) is 0 Å². The molecule has 0 fully saturated rings. The van der Waals surface area contributed by atoms with E-state index in [2.05, 4.69) is 55.4 Å². The molecule has 2 unspecified atom stereocenters. The predicted octanol–water partition coefficient (Wildman–Crippen LogP) is 6.26. The third kappa shape index (κ3) is 2.51. The second kappa shape index (κ2) is 5.23. The zero-order valence-corrected chi connectivity index (χ0v) is 16.1. The molecule has 2 aliphatic rings. The zero-order valence-electron chi connectivity index (χ0n) is 14.3. The van der Waals surface area contributed by atoms with Crippen molar-refractivity contribution in [3.8, 4) is 0 Å². The van der Waals surface area contributed by atoms with Gasteiger partial charge in [0, 0.05) is 10.3 Å². The molecule has 0 spiro atoms. The van der Waals surface area contributed by atoms with E-state index in [-0.39, 0.29) is 0 Å². The van der Waals surface area contributed by atoms with Gasteiger partial charge in [0.15, 0.2) is 0 Å². The molecule has 0 amide bonds. The summed E-state index contributed by atoms with van der Waals surface area (Å²) < 4.78 is 0. The Balaban J connectivity index is 2.20. The van der Waals surface area contributed by atoms with E-state index in [1.54, 1.807) is 32.9 Å². The van der Waals surface area contributed by atoms with Crippen molar-refractivity contribution < 1.29 is 0 Å². The molecule has 110 valence electrons. The SMILES string of the molecule is CC1=PC(C)(CCC2(C)P=C(C)C(C)=C2C)C(C)=C1C. The first-order valence-corrected chi connectivity index (χ1v) is 9.39. The van der Waals surface area contributed by atoms with Crippen LogP contribution >= 0.6 is 16.4 Å². The van der Waals surface area contributed by atoms with Gasteiger partial charge in [-0.05, 0) is 90.0 Å². The summed E-state index contributed by atoms with van der Waals surface area (Å²) >= 11 is 0. The zero-order chi connectivity index (χ0) is 15.3. The number of hydrogen-bond acceptors (Lipinski definition) is 0. The van der Waals surface area contributed by atoms with Crippen LogP contribution in [0.5, 0.6) is 0 Å². The summed E-state index contributed by atoms with van der Waals surface area (Å²) in [7, 11) is 3.08. The summed E-state index contributed by atoms with van der Waals surface area (Å²) in [5.41, 5.74) is 6.34. The van der Waals surface area contributed by atoms with E-state index in [4.69, 9.17) is 0 Å². The second-order valence-corrected chi connectivity index (χ2v) is 10.7. The predicted molar refractivity (Wildman–Crippen MR) is 98.0 cm³/mol. The number of allylic oxidation sites excluding steroid dienone is 4. The Kier molecular flexibility index (Phi) is 4.23. The van der Waals surface area contributed by atoms with Gasteiger partial charge in [0.05, 0.1) is 0 Å². The topological polar surface area (TPSA) is 0 Å². The Morgan fingerprint density at radius 1 is 0.650 bits per heavy atom. The van der Waals surface area contributed by atoms with Crippen molar-refractivity contribution >= 4 is 27.0 Å². The minimum Gasteiger partial charge on any atom is -0.0899 e. The summed E-state index contributed by atoms with van der Waals surface area (Å²) in [5, 5.41) is 3.89. The third-order valence-corrected chi connectivity index (χ3v) is 9.20. The molecule has 0 aromatic rings. The van der Waals surface area contributed by atoms with E-state index < -0.39 is 0 Å². The van der Waals surface area contributed by atoms with Crippen LogP contribution in [0.15, 0.2) is 22.3 Å². The average molecular weight is 306 g/mol. The fourth-order valence-corrected chi connectivity index (χ4v) is 6.67. The minimum atomic E-state index is 0.372. The molecule has 2 aliphatic heterocycles. The lowest BCUT2D eigenvalue weighted by Gasteiger charge is -2.30. The van der Waals surface area contributed by atoms with Crippen LogP contribution in [-0.2, 0) is 0 Å². The highest BCUT2D eigenvalue weighted by Crippen LogP contribution is 2.50. The van der Waals surface area contributed by atoms with Gasteiger partial charge in [0.1, 0.15) is 0 Å². The maximum absolute atomic E-state index is 2.46. The highest BCUT2D eigenvalue weighted by molar-refractivity contribution is 7.44. The number of hydrogen-bond donors (Lipinski definition) is 0. The monoisotopic (exact) mass is 306 g/mol. The minimum absolute atomic E-state index is 0.372. The smallest absolute Gasteiger partial charge is 0.0308 e. The number of rotatable bonds is 3. The maximum Gasteiger partial charge on any atom is 0.0308 e. The molecule has 0 bridgehead atoms. The van der Waals surface area contributed by atoms with Crippen molar-refractivity contribution in [3.63, 3.8) is 0 Å². The molecule has 2 heteroatoms. The van der Waals surface area contributed by atoms with Crippen LogP contribution in [0.1, 0.15) is 68.2 Å². The molecule has 0 radical (unpaired) electrons. The standard InChI is InChI=1S/C18H28P2/c1-11-13(3)17(7,19-15(11)5)9-10-18(8)14(4)12(2)16(6)20-18/h9-10H2,1-8H3. The fraction of sp³-hybridized carbons (Fsp3) is 0.667. The van der Waals surface area contributed by atoms with E-state index in [9.17, 15) is 0 Å². The molecule has 2 atom stereocenters. The lowest BCUT2D eigenvalue weighted by atomic mass is 9.85. The van der Waals surface area contributed by atoms with Crippen molar-refractivity contribution in [1.82, 2.24) is 0 Å². The van der Waals surface area contributed by atoms with Crippen LogP contribution in [0.25, 0.3) is 0 Å². The molecule has 0 N–H and O–H groups in total. The largest absolute Gasteiger partial charge is 0.0899 e. The Hall–Kier alpha value is -0.180. The normalized spacial score (nSPS) is 35.6. The molecule has 2 rings (SSSR count). The molecular weight excluding hydrogens is 278 g/mol. The second-order valence-electron chi connectivity index (χ2n) is 6.94. The van der Waals surface area contributed by atoms with Gasteiger partial charge in [-0.15, -0.1) is 0 Å². The van der Waals surface area contributed by atoms with Crippen molar-refractivity contribution in [2.24, 2.45) is 0 Å². The van der Waals surface area contributed by atoms with Crippen LogP contribution in [0.3, 0.4) is 0 Å². The van der Waals surface area contributed by atoms with Crippen molar-refractivity contribution in [2.45, 2.75) is 78.5 Å². The van der Waals surface area contributed by atoms with Gasteiger partial charge in [0.2, 0.25) is 0 Å². The molecule has 0 nitrogen and oxygen atoms in total. The average Bonchev–Trinajstić information content (AvgIpc) is 2.70. The van der Waals surface area contributed by atoms with Gasteiger partial charge >= 0.3 is 0 Å². The van der Waals surface area contributed by atoms with E-state index in [1.807, 2.05) is 0 Å². The summed E-state index contributed by atoms with van der Waals surface area (Å²) in [6.07, 6.45) is 2.60. The van der Waals surface area contributed by atoms with Gasteiger partial charge in [0.25, 0.3) is 0 Å². The van der Waals surface area contributed by atoms with Gasteiger partial charge in [-0.3, -0.25) is 0 Å². The summed E-state index contributed by atoms with van der Waals surface area (Å²) in [5.74, 6) is 0. The highest BCUT2D eigenvalue weighted by Gasteiger charge is 2.37. The molecular formula is C18H28P2.